The predicted molar refractivity (Wildman–Crippen MR) is 61.5 cm³/mol. The highest BCUT2D eigenvalue weighted by Crippen LogP contribution is 2.14. The standard InChI is InChI=1S/C12H14NO4/c1-4-7-17-12-8-10(13(14)16-3)5-6-11(9-12)15-2/h1,5-6,8-9,12H,7H2,2-3H3/q+1. The molecule has 0 spiro atoms. The zero-order valence-corrected chi connectivity index (χ0v) is 9.75. The topological polar surface area (TPSA) is 47.8 Å². The molecule has 0 bridgehead atoms. The van der Waals surface area contributed by atoms with E-state index in [2.05, 4.69) is 10.8 Å². The molecule has 0 heterocycles. The van der Waals surface area contributed by atoms with Gasteiger partial charge in [-0.1, -0.05) is 5.92 Å². The normalized spacial score (nSPS) is 18.5. The molecule has 0 radical (unpaired) electrons. The van der Waals surface area contributed by atoms with Gasteiger partial charge in [0.25, 0.3) is 4.92 Å². The molecule has 0 fully saturated rings. The lowest BCUT2D eigenvalue weighted by atomic mass is 10.3. The average molecular weight is 236 g/mol. The first-order valence-corrected chi connectivity index (χ1v) is 4.93. The number of nitrogens with zero attached hydrogens (tertiary/aromatic N) is 1. The van der Waals surface area contributed by atoms with E-state index in [1.54, 1.807) is 24.3 Å². The van der Waals surface area contributed by atoms with Crippen LogP contribution in [-0.2, 0) is 14.3 Å². The second-order valence-corrected chi connectivity index (χ2v) is 3.12. The van der Waals surface area contributed by atoms with Crippen LogP contribution in [-0.4, -0.2) is 31.9 Å². The van der Waals surface area contributed by atoms with Gasteiger partial charge in [0.15, 0.2) is 7.11 Å². The van der Waals surface area contributed by atoms with Crippen LogP contribution in [0.3, 0.4) is 0 Å². The minimum Gasteiger partial charge on any atom is -0.497 e. The second kappa shape index (κ2) is 6.51. The van der Waals surface area contributed by atoms with Gasteiger partial charge < -0.3 is 9.47 Å². The van der Waals surface area contributed by atoms with Gasteiger partial charge in [0, 0.05) is 12.2 Å². The summed E-state index contributed by atoms with van der Waals surface area (Å²) in [6.45, 7) is 0.147. The van der Waals surface area contributed by atoms with E-state index in [-0.39, 0.29) is 6.61 Å². The van der Waals surface area contributed by atoms with E-state index in [1.807, 2.05) is 0 Å². The summed E-state index contributed by atoms with van der Waals surface area (Å²) in [7, 11) is 2.82. The molecular weight excluding hydrogens is 222 g/mol. The smallest absolute Gasteiger partial charge is 0.315 e. The third-order valence-corrected chi connectivity index (χ3v) is 2.05. The van der Waals surface area contributed by atoms with Gasteiger partial charge in [-0.3, -0.25) is 0 Å². The van der Waals surface area contributed by atoms with Crippen LogP contribution in [0.4, 0.5) is 0 Å². The lowest BCUT2D eigenvalue weighted by Crippen LogP contribution is -2.11. The molecule has 1 atom stereocenters. The van der Waals surface area contributed by atoms with Crippen LogP contribution in [0.25, 0.3) is 0 Å². The molecule has 90 valence electrons. The van der Waals surface area contributed by atoms with Crippen molar-refractivity contribution in [3.05, 3.63) is 40.7 Å². The molecule has 5 nitrogen and oxygen atoms in total. The minimum atomic E-state index is -0.433. The van der Waals surface area contributed by atoms with Gasteiger partial charge in [-0.15, -0.1) is 6.42 Å². The summed E-state index contributed by atoms with van der Waals surface area (Å²) in [5.41, 5.74) is 0.317. The summed E-state index contributed by atoms with van der Waals surface area (Å²) in [5, 5.41) is 0. The molecule has 1 rings (SSSR count). The number of allylic oxidation sites excluding steroid dienone is 2. The van der Waals surface area contributed by atoms with Crippen LogP contribution in [0.15, 0.2) is 35.8 Å². The number of methoxy groups -OCH3 is 1. The van der Waals surface area contributed by atoms with Crippen LogP contribution in [0.1, 0.15) is 0 Å². The van der Waals surface area contributed by atoms with Crippen molar-refractivity contribution in [2.24, 2.45) is 0 Å². The van der Waals surface area contributed by atoms with E-state index in [0.717, 1.165) is 0 Å². The third-order valence-electron chi connectivity index (χ3n) is 2.05. The van der Waals surface area contributed by atoms with E-state index >= 15 is 0 Å². The Kier molecular flexibility index (Phi) is 4.98. The number of rotatable bonds is 5. The minimum absolute atomic E-state index is 0.147. The molecule has 0 aromatic heterocycles. The van der Waals surface area contributed by atoms with Crippen molar-refractivity contribution in [3.8, 4) is 12.3 Å². The van der Waals surface area contributed by atoms with Crippen molar-refractivity contribution in [3.63, 3.8) is 0 Å². The number of ether oxygens (including phenoxy) is 2. The summed E-state index contributed by atoms with van der Waals surface area (Å²) in [6, 6.07) is 0. The highest BCUT2D eigenvalue weighted by atomic mass is 16.8. The fourth-order valence-corrected chi connectivity index (χ4v) is 1.26. The lowest BCUT2D eigenvalue weighted by molar-refractivity contribution is -0.758. The Balaban J connectivity index is 2.91. The van der Waals surface area contributed by atoms with E-state index in [0.29, 0.717) is 16.4 Å². The molecule has 0 aliphatic heterocycles. The van der Waals surface area contributed by atoms with Crippen LogP contribution < -0.4 is 0 Å². The summed E-state index contributed by atoms with van der Waals surface area (Å²) in [6.07, 6.45) is 11.2. The number of terminal acetylenes is 1. The van der Waals surface area contributed by atoms with Gasteiger partial charge in [-0.2, -0.15) is 0 Å². The lowest BCUT2D eigenvalue weighted by Gasteiger charge is -2.07. The van der Waals surface area contributed by atoms with Crippen molar-refractivity contribution in [2.45, 2.75) is 6.10 Å². The Morgan fingerprint density at radius 2 is 2.18 bits per heavy atom. The predicted octanol–water partition coefficient (Wildman–Crippen LogP) is 1.33. The molecule has 0 amide bonds. The zero-order valence-electron chi connectivity index (χ0n) is 9.75. The summed E-state index contributed by atoms with van der Waals surface area (Å²) in [4.78, 5) is 16.3. The molecule has 1 aliphatic carbocycles. The van der Waals surface area contributed by atoms with Crippen LogP contribution in [0.5, 0.6) is 0 Å². The van der Waals surface area contributed by atoms with E-state index < -0.39 is 6.10 Å². The Morgan fingerprint density at radius 3 is 2.76 bits per heavy atom. The summed E-state index contributed by atoms with van der Waals surface area (Å²) in [5.74, 6) is 2.95. The van der Waals surface area contributed by atoms with E-state index in [4.69, 9.17) is 15.9 Å². The second-order valence-electron chi connectivity index (χ2n) is 3.12. The van der Waals surface area contributed by atoms with Crippen LogP contribution >= 0.6 is 0 Å². The number of hydrogen-bond donors (Lipinski definition) is 0. The average Bonchev–Trinajstić information content (AvgIpc) is 2.57. The first-order chi connectivity index (χ1) is 8.21. The maximum Gasteiger partial charge on any atom is 0.315 e. The Bertz CT molecular complexity index is 415. The Hall–Kier alpha value is -2.06. The SMILES string of the molecule is C#CCOC1C=C(OC)C=CC([N+](=O)OC)=C1. The summed E-state index contributed by atoms with van der Waals surface area (Å²) >= 11 is 0. The molecule has 0 N–H and O–H groups in total. The van der Waals surface area contributed by atoms with Crippen LogP contribution in [0, 0.1) is 17.3 Å². The van der Waals surface area contributed by atoms with Crippen LogP contribution in [0.2, 0.25) is 0 Å². The van der Waals surface area contributed by atoms with Gasteiger partial charge in [-0.25, -0.2) is 4.84 Å². The molecule has 0 saturated heterocycles. The maximum absolute atomic E-state index is 11.3. The highest BCUT2D eigenvalue weighted by Gasteiger charge is 2.21. The van der Waals surface area contributed by atoms with E-state index in [9.17, 15) is 4.91 Å². The van der Waals surface area contributed by atoms with E-state index in [1.165, 1.54) is 14.2 Å². The molecule has 0 aromatic carbocycles. The molecule has 0 saturated carbocycles. The third kappa shape index (κ3) is 3.78. The van der Waals surface area contributed by atoms with Gasteiger partial charge >= 0.3 is 5.70 Å². The molecular formula is C12H14NO4+. The van der Waals surface area contributed by atoms with Gasteiger partial charge in [-0.05, 0) is 12.2 Å². The molecule has 17 heavy (non-hydrogen) atoms. The summed E-state index contributed by atoms with van der Waals surface area (Å²) < 4.78 is 10.4. The Morgan fingerprint density at radius 1 is 1.41 bits per heavy atom. The first kappa shape index (κ1) is 13.0. The Labute approximate surface area is 99.9 Å². The monoisotopic (exact) mass is 236 g/mol. The van der Waals surface area contributed by atoms with Crippen molar-refractivity contribution < 1.29 is 19.2 Å². The van der Waals surface area contributed by atoms with Gasteiger partial charge in [0.1, 0.15) is 18.5 Å². The fraction of sp³-hybridized carbons (Fsp3) is 0.333. The fourth-order valence-electron chi connectivity index (χ4n) is 1.26. The van der Waals surface area contributed by atoms with Crippen molar-refractivity contribution >= 4 is 0 Å². The molecule has 0 aromatic rings. The molecule has 1 unspecified atom stereocenters. The van der Waals surface area contributed by atoms with Gasteiger partial charge in [0.2, 0.25) is 0 Å². The molecule has 1 aliphatic rings. The van der Waals surface area contributed by atoms with Crippen molar-refractivity contribution in [1.82, 2.24) is 0 Å². The number of hydrogen-bond acceptors (Lipinski definition) is 4. The largest absolute Gasteiger partial charge is 0.497 e. The zero-order chi connectivity index (χ0) is 12.7. The van der Waals surface area contributed by atoms with Crippen molar-refractivity contribution in [1.29, 1.82) is 0 Å². The molecule has 5 heteroatoms. The highest BCUT2D eigenvalue weighted by molar-refractivity contribution is 5.28. The quantitative estimate of drug-likeness (QED) is 0.533. The van der Waals surface area contributed by atoms with Crippen molar-refractivity contribution in [2.75, 3.05) is 20.8 Å². The first-order valence-electron chi connectivity index (χ1n) is 4.93. The van der Waals surface area contributed by atoms with Gasteiger partial charge in [0.05, 0.1) is 12.0 Å². The maximum atomic E-state index is 11.3.